The average Bonchev–Trinajstić information content (AvgIpc) is 3.26. The van der Waals surface area contributed by atoms with Crippen LogP contribution in [0.4, 0.5) is 5.69 Å². The van der Waals surface area contributed by atoms with E-state index >= 15 is 0 Å². The zero-order valence-electron chi connectivity index (χ0n) is 17.0. The third kappa shape index (κ3) is 5.10. The number of ether oxygens (including phenoxy) is 4. The molecule has 0 fully saturated rings. The van der Waals surface area contributed by atoms with Gasteiger partial charge in [-0.25, -0.2) is 0 Å². The number of allylic oxidation sites excluding steroid dienone is 1. The molecule has 8 nitrogen and oxygen atoms in total. The fourth-order valence-electron chi connectivity index (χ4n) is 3.49. The molecule has 3 N–H and O–H groups in total. The molecule has 0 spiro atoms. The van der Waals surface area contributed by atoms with E-state index < -0.39 is 12.2 Å². The monoisotopic (exact) mass is 427 g/mol. The van der Waals surface area contributed by atoms with E-state index in [9.17, 15) is 9.90 Å². The van der Waals surface area contributed by atoms with Crippen molar-refractivity contribution < 1.29 is 34.0 Å². The SMILES string of the molecule is O=C(Nc1ccccc1O)C1=CC(c2ccc3c(c2)OCO3)CC(OCCCCO)O1. The van der Waals surface area contributed by atoms with Crippen LogP contribution in [-0.2, 0) is 14.3 Å². The van der Waals surface area contributed by atoms with E-state index in [1.807, 2.05) is 18.2 Å². The number of aromatic hydroxyl groups is 1. The molecular weight excluding hydrogens is 402 g/mol. The molecule has 2 heterocycles. The number of carbonyl (C=O) groups excluding carboxylic acids is 1. The number of para-hydroxylation sites is 2. The largest absolute Gasteiger partial charge is 0.506 e. The van der Waals surface area contributed by atoms with Crippen LogP contribution in [-0.4, -0.2) is 42.4 Å². The number of nitrogens with one attached hydrogen (secondary N) is 1. The van der Waals surface area contributed by atoms with Gasteiger partial charge in [0.1, 0.15) is 5.75 Å². The van der Waals surface area contributed by atoms with E-state index in [2.05, 4.69) is 5.32 Å². The van der Waals surface area contributed by atoms with Crippen molar-refractivity contribution in [2.75, 3.05) is 25.3 Å². The van der Waals surface area contributed by atoms with E-state index in [0.29, 0.717) is 43.1 Å². The molecule has 0 saturated heterocycles. The second-order valence-electron chi connectivity index (χ2n) is 7.31. The Morgan fingerprint density at radius 3 is 2.81 bits per heavy atom. The fourth-order valence-corrected chi connectivity index (χ4v) is 3.49. The smallest absolute Gasteiger partial charge is 0.290 e. The molecule has 2 unspecified atom stereocenters. The van der Waals surface area contributed by atoms with Gasteiger partial charge in [0.15, 0.2) is 17.3 Å². The van der Waals surface area contributed by atoms with Crippen molar-refractivity contribution in [1.29, 1.82) is 0 Å². The van der Waals surface area contributed by atoms with Gasteiger partial charge in [0.2, 0.25) is 13.1 Å². The predicted molar refractivity (Wildman–Crippen MR) is 112 cm³/mol. The number of phenolic OH excluding ortho intramolecular Hbond substituents is 1. The number of fused-ring (bicyclic) bond motifs is 1. The molecule has 0 aliphatic carbocycles. The summed E-state index contributed by atoms with van der Waals surface area (Å²) >= 11 is 0. The maximum Gasteiger partial charge on any atom is 0.290 e. The molecule has 2 atom stereocenters. The van der Waals surface area contributed by atoms with Crippen LogP contribution in [0.5, 0.6) is 17.2 Å². The predicted octanol–water partition coefficient (Wildman–Crippen LogP) is 3.26. The zero-order chi connectivity index (χ0) is 21.6. The van der Waals surface area contributed by atoms with Crippen molar-refractivity contribution in [1.82, 2.24) is 0 Å². The van der Waals surface area contributed by atoms with Crippen molar-refractivity contribution >= 4 is 11.6 Å². The summed E-state index contributed by atoms with van der Waals surface area (Å²) in [6.45, 7) is 0.698. The van der Waals surface area contributed by atoms with Gasteiger partial charge in [-0.1, -0.05) is 18.2 Å². The Balaban J connectivity index is 1.54. The Labute approximate surface area is 180 Å². The van der Waals surface area contributed by atoms with Gasteiger partial charge in [0.05, 0.1) is 12.3 Å². The third-order valence-electron chi connectivity index (χ3n) is 5.11. The number of rotatable bonds is 8. The number of amides is 1. The number of unbranched alkanes of at least 4 members (excludes halogenated alkanes) is 1. The molecule has 4 rings (SSSR count). The van der Waals surface area contributed by atoms with Crippen LogP contribution in [0.25, 0.3) is 0 Å². The number of aliphatic hydroxyl groups is 1. The average molecular weight is 427 g/mol. The first-order valence-electron chi connectivity index (χ1n) is 10.2. The minimum absolute atomic E-state index is 0.0311. The van der Waals surface area contributed by atoms with Crippen molar-refractivity contribution in [2.45, 2.75) is 31.5 Å². The van der Waals surface area contributed by atoms with Crippen molar-refractivity contribution in [3.05, 3.63) is 59.9 Å². The lowest BCUT2D eigenvalue weighted by Gasteiger charge is -2.29. The maximum atomic E-state index is 12.9. The van der Waals surface area contributed by atoms with Gasteiger partial charge >= 0.3 is 0 Å². The molecule has 2 aliphatic heterocycles. The molecule has 0 saturated carbocycles. The highest BCUT2D eigenvalue weighted by Crippen LogP contribution is 2.38. The topological polar surface area (TPSA) is 106 Å². The van der Waals surface area contributed by atoms with E-state index in [0.717, 1.165) is 5.56 Å². The Morgan fingerprint density at radius 1 is 1.13 bits per heavy atom. The Bertz CT molecular complexity index is 959. The third-order valence-corrected chi connectivity index (χ3v) is 5.11. The van der Waals surface area contributed by atoms with Crippen LogP contribution < -0.4 is 14.8 Å². The molecule has 2 aromatic carbocycles. The molecule has 2 aromatic rings. The molecule has 31 heavy (non-hydrogen) atoms. The highest BCUT2D eigenvalue weighted by atomic mass is 16.7. The molecule has 8 heteroatoms. The normalized spacial score (nSPS) is 19.5. The van der Waals surface area contributed by atoms with Gasteiger partial charge in [0.25, 0.3) is 5.91 Å². The van der Waals surface area contributed by atoms with E-state index in [-0.39, 0.29) is 30.8 Å². The lowest BCUT2D eigenvalue weighted by molar-refractivity contribution is -0.143. The van der Waals surface area contributed by atoms with Crippen LogP contribution in [0, 0.1) is 0 Å². The second-order valence-corrected chi connectivity index (χ2v) is 7.31. The first-order chi connectivity index (χ1) is 15.1. The zero-order valence-corrected chi connectivity index (χ0v) is 17.0. The van der Waals surface area contributed by atoms with Crippen LogP contribution in [0.3, 0.4) is 0 Å². The molecule has 2 aliphatic rings. The Morgan fingerprint density at radius 2 is 1.97 bits per heavy atom. The molecule has 0 aromatic heterocycles. The molecular formula is C23H25NO7. The minimum atomic E-state index is -0.621. The summed E-state index contributed by atoms with van der Waals surface area (Å²) in [5, 5.41) is 21.6. The van der Waals surface area contributed by atoms with Gasteiger partial charge < -0.3 is 34.5 Å². The highest BCUT2D eigenvalue weighted by molar-refractivity contribution is 6.03. The summed E-state index contributed by atoms with van der Waals surface area (Å²) in [5.41, 5.74) is 1.24. The number of hydrogen-bond donors (Lipinski definition) is 3. The number of aliphatic hydroxyl groups excluding tert-OH is 1. The van der Waals surface area contributed by atoms with E-state index in [4.69, 9.17) is 24.1 Å². The van der Waals surface area contributed by atoms with Crippen LogP contribution in [0.2, 0.25) is 0 Å². The fraction of sp³-hybridized carbons (Fsp3) is 0.348. The molecule has 0 bridgehead atoms. The van der Waals surface area contributed by atoms with Gasteiger partial charge in [-0.3, -0.25) is 4.79 Å². The first-order valence-corrected chi connectivity index (χ1v) is 10.2. The molecule has 164 valence electrons. The Hall–Kier alpha value is -3.23. The number of anilines is 1. The summed E-state index contributed by atoms with van der Waals surface area (Å²) in [5.74, 6) is 0.819. The van der Waals surface area contributed by atoms with Gasteiger partial charge in [0, 0.05) is 18.9 Å². The number of hydrogen-bond acceptors (Lipinski definition) is 7. The summed E-state index contributed by atoms with van der Waals surface area (Å²) in [6.07, 6.45) is 2.97. The quantitative estimate of drug-likeness (QED) is 0.439. The summed E-state index contributed by atoms with van der Waals surface area (Å²) in [6, 6.07) is 12.2. The minimum Gasteiger partial charge on any atom is -0.506 e. The lowest BCUT2D eigenvalue weighted by Crippen LogP contribution is -2.29. The standard InChI is InChI=1S/C23H25NO7/c25-9-3-4-10-28-22-13-16(15-7-8-19-20(11-15)30-14-29-19)12-21(31-22)23(27)24-17-5-1-2-6-18(17)26/h1-2,5-8,11-12,16,22,25-26H,3-4,9-10,13-14H2,(H,24,27). The van der Waals surface area contributed by atoms with Crippen LogP contribution in [0.1, 0.15) is 30.7 Å². The van der Waals surface area contributed by atoms with Crippen LogP contribution in [0.15, 0.2) is 54.3 Å². The van der Waals surface area contributed by atoms with Crippen molar-refractivity contribution in [3.8, 4) is 17.2 Å². The van der Waals surface area contributed by atoms with Crippen molar-refractivity contribution in [3.63, 3.8) is 0 Å². The first kappa shape index (κ1) is 21.0. The highest BCUT2D eigenvalue weighted by Gasteiger charge is 2.30. The summed E-state index contributed by atoms with van der Waals surface area (Å²) < 4.78 is 22.5. The maximum absolute atomic E-state index is 12.9. The van der Waals surface area contributed by atoms with E-state index in [1.165, 1.54) is 6.07 Å². The van der Waals surface area contributed by atoms with E-state index in [1.54, 1.807) is 24.3 Å². The number of carbonyl (C=O) groups is 1. The summed E-state index contributed by atoms with van der Waals surface area (Å²) in [7, 11) is 0. The van der Waals surface area contributed by atoms with Gasteiger partial charge in [-0.15, -0.1) is 0 Å². The van der Waals surface area contributed by atoms with Crippen molar-refractivity contribution in [2.24, 2.45) is 0 Å². The number of phenols is 1. The lowest BCUT2D eigenvalue weighted by atomic mass is 9.92. The summed E-state index contributed by atoms with van der Waals surface area (Å²) in [4.78, 5) is 12.9. The van der Waals surface area contributed by atoms with Crippen LogP contribution >= 0.6 is 0 Å². The molecule has 0 radical (unpaired) electrons. The Kier molecular flexibility index (Phi) is 6.59. The number of benzene rings is 2. The van der Waals surface area contributed by atoms with Gasteiger partial charge in [-0.2, -0.15) is 0 Å². The molecule has 1 amide bonds. The second kappa shape index (κ2) is 9.72. The van der Waals surface area contributed by atoms with Gasteiger partial charge in [-0.05, 0) is 48.7 Å².